The smallest absolute Gasteiger partial charge is 0.224 e. The maximum Gasteiger partial charge on any atom is 0.224 e. The van der Waals surface area contributed by atoms with Crippen LogP contribution in [0.1, 0.15) is 30.5 Å². The van der Waals surface area contributed by atoms with Crippen molar-refractivity contribution >= 4 is 11.9 Å². The number of rotatable bonds is 7. The standard InChI is InChI=1S/C19H26N6O/c1-4-25-17(26)8-16(18(25)15-6-5-7-20-12-15)13-21-9-14-10-22-19(23-11-14)24(2)3/h5-7,10-12,16,18,21H,4,8-9,13H2,1-3H3/t16-,18-/m0/s1. The minimum absolute atomic E-state index is 0.0843. The van der Waals surface area contributed by atoms with Gasteiger partial charge in [0.25, 0.3) is 0 Å². The first-order valence-electron chi connectivity index (χ1n) is 8.98. The highest BCUT2D eigenvalue weighted by molar-refractivity contribution is 5.79. The zero-order chi connectivity index (χ0) is 18.5. The molecule has 2 aromatic rings. The van der Waals surface area contributed by atoms with Crippen LogP contribution in [-0.4, -0.2) is 52.9 Å². The largest absolute Gasteiger partial charge is 0.347 e. The van der Waals surface area contributed by atoms with Crippen LogP contribution in [0.25, 0.3) is 0 Å². The van der Waals surface area contributed by atoms with Gasteiger partial charge >= 0.3 is 0 Å². The van der Waals surface area contributed by atoms with Gasteiger partial charge in [0.2, 0.25) is 11.9 Å². The van der Waals surface area contributed by atoms with E-state index in [9.17, 15) is 4.79 Å². The number of likely N-dealkylation sites (tertiary alicyclic amines) is 1. The Hall–Kier alpha value is -2.54. The van der Waals surface area contributed by atoms with E-state index in [2.05, 4.69) is 26.3 Å². The number of aromatic nitrogens is 3. The van der Waals surface area contributed by atoms with Crippen molar-refractivity contribution < 1.29 is 4.79 Å². The number of nitrogens with one attached hydrogen (secondary N) is 1. The van der Waals surface area contributed by atoms with Crippen LogP contribution in [0.15, 0.2) is 36.9 Å². The minimum Gasteiger partial charge on any atom is -0.347 e. The fourth-order valence-electron chi connectivity index (χ4n) is 3.49. The summed E-state index contributed by atoms with van der Waals surface area (Å²) >= 11 is 0. The number of pyridine rings is 1. The van der Waals surface area contributed by atoms with Gasteiger partial charge in [-0.05, 0) is 18.6 Å². The molecule has 0 spiro atoms. The molecule has 0 bridgehead atoms. The molecule has 2 atom stereocenters. The molecule has 1 saturated heterocycles. The second kappa shape index (κ2) is 8.23. The third-order valence-electron chi connectivity index (χ3n) is 4.73. The van der Waals surface area contributed by atoms with E-state index in [0.717, 1.165) is 17.7 Å². The van der Waals surface area contributed by atoms with Gasteiger partial charge in [-0.3, -0.25) is 9.78 Å². The van der Waals surface area contributed by atoms with Crippen molar-refractivity contribution in [2.75, 3.05) is 32.1 Å². The molecule has 7 heteroatoms. The first kappa shape index (κ1) is 18.3. The van der Waals surface area contributed by atoms with Crippen LogP contribution < -0.4 is 10.2 Å². The van der Waals surface area contributed by atoms with E-state index >= 15 is 0 Å². The van der Waals surface area contributed by atoms with Crippen molar-refractivity contribution in [1.82, 2.24) is 25.2 Å². The highest BCUT2D eigenvalue weighted by Crippen LogP contribution is 2.37. The van der Waals surface area contributed by atoms with Gasteiger partial charge in [0.1, 0.15) is 0 Å². The summed E-state index contributed by atoms with van der Waals surface area (Å²) in [6.45, 7) is 4.19. The van der Waals surface area contributed by atoms with E-state index in [0.29, 0.717) is 25.5 Å². The Bertz CT molecular complexity index is 719. The maximum atomic E-state index is 12.4. The molecule has 1 amide bonds. The number of hydrogen-bond donors (Lipinski definition) is 1. The molecular formula is C19H26N6O. The quantitative estimate of drug-likeness (QED) is 0.815. The topological polar surface area (TPSA) is 74.2 Å². The van der Waals surface area contributed by atoms with Crippen LogP contribution in [-0.2, 0) is 11.3 Å². The van der Waals surface area contributed by atoms with Gasteiger partial charge in [-0.15, -0.1) is 0 Å². The lowest BCUT2D eigenvalue weighted by Crippen LogP contribution is -2.31. The summed E-state index contributed by atoms with van der Waals surface area (Å²) in [5.41, 5.74) is 2.14. The molecule has 1 aliphatic heterocycles. The van der Waals surface area contributed by atoms with Gasteiger partial charge in [-0.1, -0.05) is 6.07 Å². The predicted molar refractivity (Wildman–Crippen MR) is 101 cm³/mol. The molecule has 7 nitrogen and oxygen atoms in total. The molecular weight excluding hydrogens is 328 g/mol. The molecule has 2 aromatic heterocycles. The third kappa shape index (κ3) is 3.99. The molecule has 0 aliphatic carbocycles. The number of carbonyl (C=O) groups excluding carboxylic acids is 1. The van der Waals surface area contributed by atoms with Crippen molar-refractivity contribution in [2.24, 2.45) is 5.92 Å². The summed E-state index contributed by atoms with van der Waals surface area (Å²) in [5.74, 6) is 1.14. The molecule has 26 heavy (non-hydrogen) atoms. The van der Waals surface area contributed by atoms with E-state index in [-0.39, 0.29) is 17.9 Å². The average molecular weight is 354 g/mol. The fraction of sp³-hybridized carbons (Fsp3) is 0.474. The van der Waals surface area contributed by atoms with Crippen molar-refractivity contribution in [3.8, 4) is 0 Å². The maximum absolute atomic E-state index is 12.4. The summed E-state index contributed by atoms with van der Waals surface area (Å²) in [4.78, 5) is 29.1. The first-order valence-corrected chi connectivity index (χ1v) is 8.98. The minimum atomic E-state index is 0.0843. The van der Waals surface area contributed by atoms with Crippen LogP contribution in [0.4, 0.5) is 5.95 Å². The summed E-state index contributed by atoms with van der Waals surface area (Å²) in [5, 5.41) is 3.46. The van der Waals surface area contributed by atoms with Crippen LogP contribution in [0, 0.1) is 5.92 Å². The number of hydrogen-bond acceptors (Lipinski definition) is 6. The SMILES string of the molecule is CCN1C(=O)C[C@@H](CNCc2cnc(N(C)C)nc2)[C@@H]1c1cccnc1. The lowest BCUT2D eigenvalue weighted by molar-refractivity contribution is -0.128. The fourth-order valence-corrected chi connectivity index (χ4v) is 3.49. The number of nitrogens with zero attached hydrogens (tertiary/aromatic N) is 5. The molecule has 0 radical (unpaired) electrons. The van der Waals surface area contributed by atoms with E-state index in [1.807, 2.05) is 55.5 Å². The number of anilines is 1. The molecule has 3 heterocycles. The Morgan fingerprint density at radius 2 is 2.04 bits per heavy atom. The summed E-state index contributed by atoms with van der Waals surface area (Å²) in [6.07, 6.45) is 7.88. The molecule has 3 rings (SSSR count). The van der Waals surface area contributed by atoms with Gasteiger partial charge < -0.3 is 15.1 Å². The Labute approximate surface area is 154 Å². The summed E-state index contributed by atoms with van der Waals surface area (Å²) in [7, 11) is 3.84. The summed E-state index contributed by atoms with van der Waals surface area (Å²) < 4.78 is 0. The van der Waals surface area contributed by atoms with E-state index in [4.69, 9.17) is 0 Å². The van der Waals surface area contributed by atoms with Gasteiger partial charge in [0.15, 0.2) is 0 Å². The monoisotopic (exact) mass is 354 g/mol. The predicted octanol–water partition coefficient (Wildman–Crippen LogP) is 1.64. The lowest BCUT2D eigenvalue weighted by atomic mass is 9.94. The molecule has 0 unspecified atom stereocenters. The highest BCUT2D eigenvalue weighted by Gasteiger charge is 2.39. The lowest BCUT2D eigenvalue weighted by Gasteiger charge is -2.27. The number of amides is 1. The van der Waals surface area contributed by atoms with Gasteiger partial charge in [0, 0.05) is 76.4 Å². The highest BCUT2D eigenvalue weighted by atomic mass is 16.2. The van der Waals surface area contributed by atoms with Crippen molar-refractivity contribution in [2.45, 2.75) is 25.9 Å². The zero-order valence-electron chi connectivity index (χ0n) is 15.6. The van der Waals surface area contributed by atoms with Gasteiger partial charge in [0.05, 0.1) is 6.04 Å². The van der Waals surface area contributed by atoms with Crippen molar-refractivity contribution in [3.63, 3.8) is 0 Å². The van der Waals surface area contributed by atoms with Crippen LogP contribution in [0.5, 0.6) is 0 Å². The average Bonchev–Trinajstić information content (AvgIpc) is 2.98. The van der Waals surface area contributed by atoms with Crippen LogP contribution in [0.2, 0.25) is 0 Å². The second-order valence-corrected chi connectivity index (χ2v) is 6.79. The first-order chi connectivity index (χ1) is 12.6. The van der Waals surface area contributed by atoms with E-state index < -0.39 is 0 Å². The summed E-state index contributed by atoms with van der Waals surface area (Å²) in [6, 6.07) is 4.07. The Kier molecular flexibility index (Phi) is 5.78. The Morgan fingerprint density at radius 1 is 1.27 bits per heavy atom. The van der Waals surface area contributed by atoms with Crippen molar-refractivity contribution in [1.29, 1.82) is 0 Å². The Balaban J connectivity index is 1.63. The van der Waals surface area contributed by atoms with Crippen LogP contribution >= 0.6 is 0 Å². The number of carbonyl (C=O) groups is 1. The van der Waals surface area contributed by atoms with Gasteiger partial charge in [-0.25, -0.2) is 9.97 Å². The molecule has 0 saturated carbocycles. The normalized spacial score (nSPS) is 19.8. The second-order valence-electron chi connectivity index (χ2n) is 6.79. The Morgan fingerprint density at radius 3 is 2.65 bits per heavy atom. The molecule has 1 N–H and O–H groups in total. The van der Waals surface area contributed by atoms with Crippen molar-refractivity contribution in [3.05, 3.63) is 48.0 Å². The van der Waals surface area contributed by atoms with Crippen LogP contribution in [0.3, 0.4) is 0 Å². The van der Waals surface area contributed by atoms with E-state index in [1.54, 1.807) is 6.20 Å². The van der Waals surface area contributed by atoms with E-state index in [1.165, 1.54) is 0 Å². The zero-order valence-corrected chi connectivity index (χ0v) is 15.6. The molecule has 1 fully saturated rings. The molecule has 138 valence electrons. The molecule has 1 aliphatic rings. The van der Waals surface area contributed by atoms with Gasteiger partial charge in [-0.2, -0.15) is 0 Å². The third-order valence-corrected chi connectivity index (χ3v) is 4.73. The molecule has 0 aromatic carbocycles.